The molecule has 0 aliphatic heterocycles. The van der Waals surface area contributed by atoms with Gasteiger partial charge in [0.15, 0.2) is 5.82 Å². The van der Waals surface area contributed by atoms with Gasteiger partial charge in [-0.15, -0.1) is 0 Å². The normalized spacial score (nSPS) is 11.0. The van der Waals surface area contributed by atoms with Crippen molar-refractivity contribution >= 4 is 16.7 Å². The maximum Gasteiger partial charge on any atom is 0.163 e. The maximum absolute atomic E-state index is 5.00. The first-order chi connectivity index (χ1) is 17.3. The largest absolute Gasteiger partial charge is 0.367 e. The van der Waals surface area contributed by atoms with Crippen molar-refractivity contribution < 1.29 is 0 Å². The average Bonchev–Trinajstić information content (AvgIpc) is 3.48. The zero-order chi connectivity index (χ0) is 23.5. The van der Waals surface area contributed by atoms with Crippen LogP contribution in [0.5, 0.6) is 0 Å². The van der Waals surface area contributed by atoms with Crippen molar-refractivity contribution in [3.8, 4) is 33.6 Å². The quantitative estimate of drug-likeness (QED) is 0.306. The molecule has 6 nitrogen and oxygen atoms in total. The molecular formula is C29H22N6. The van der Waals surface area contributed by atoms with Crippen LogP contribution in [0.1, 0.15) is 5.69 Å². The van der Waals surface area contributed by atoms with Gasteiger partial charge in [-0.3, -0.25) is 9.97 Å². The van der Waals surface area contributed by atoms with Gasteiger partial charge in [0.25, 0.3) is 0 Å². The van der Waals surface area contributed by atoms with Gasteiger partial charge < -0.3 is 10.3 Å². The van der Waals surface area contributed by atoms with E-state index >= 15 is 0 Å². The standard InChI is InChI=1S/C29H22N6/c1-2-7-20(8-3-1)25-10-6-11-26-27(25)29(33-19-24-9-4-5-13-32-24)35-28(34-26)23-15-22(17-31-18-23)21-12-14-30-16-21/h1-18,30H,19H2,(H,33,34,35). The lowest BCUT2D eigenvalue weighted by molar-refractivity contribution is 1.03. The van der Waals surface area contributed by atoms with Gasteiger partial charge in [-0.25, -0.2) is 9.97 Å². The maximum atomic E-state index is 5.00. The summed E-state index contributed by atoms with van der Waals surface area (Å²) >= 11 is 0. The molecule has 0 aliphatic rings. The van der Waals surface area contributed by atoms with E-state index in [1.165, 1.54) is 0 Å². The molecule has 4 heterocycles. The smallest absolute Gasteiger partial charge is 0.163 e. The highest BCUT2D eigenvalue weighted by atomic mass is 15.0. The fourth-order valence-electron chi connectivity index (χ4n) is 4.20. The molecule has 168 valence electrons. The summed E-state index contributed by atoms with van der Waals surface area (Å²) in [7, 11) is 0. The molecule has 2 N–H and O–H groups in total. The van der Waals surface area contributed by atoms with Gasteiger partial charge in [0, 0.05) is 47.7 Å². The van der Waals surface area contributed by atoms with Gasteiger partial charge in [-0.2, -0.15) is 0 Å². The lowest BCUT2D eigenvalue weighted by Gasteiger charge is -2.14. The number of anilines is 1. The Bertz CT molecular complexity index is 1580. The third-order valence-corrected chi connectivity index (χ3v) is 5.90. The molecule has 4 aromatic heterocycles. The van der Waals surface area contributed by atoms with Gasteiger partial charge in [0.2, 0.25) is 0 Å². The Hall–Kier alpha value is -4.84. The SMILES string of the molecule is c1ccc(-c2cccc3nc(-c4cncc(-c5cc[nH]c5)c4)nc(NCc4ccccn4)c23)cc1. The summed E-state index contributed by atoms with van der Waals surface area (Å²) in [5.74, 6) is 1.39. The van der Waals surface area contributed by atoms with E-state index in [1.807, 2.05) is 73.2 Å². The van der Waals surface area contributed by atoms with E-state index in [4.69, 9.17) is 9.97 Å². The molecule has 0 saturated carbocycles. The van der Waals surface area contributed by atoms with Gasteiger partial charge in [-0.05, 0) is 41.5 Å². The molecule has 0 atom stereocenters. The van der Waals surface area contributed by atoms with Crippen LogP contribution in [0.25, 0.3) is 44.5 Å². The lowest BCUT2D eigenvalue weighted by atomic mass is 10.0. The Kier molecular flexibility index (Phi) is 5.45. The second-order valence-corrected chi connectivity index (χ2v) is 8.20. The molecule has 2 aromatic carbocycles. The second kappa shape index (κ2) is 9.19. The third-order valence-electron chi connectivity index (χ3n) is 5.90. The molecule has 6 heteroatoms. The van der Waals surface area contributed by atoms with Crippen molar-refractivity contribution in [3.63, 3.8) is 0 Å². The highest BCUT2D eigenvalue weighted by Crippen LogP contribution is 2.34. The summed E-state index contributed by atoms with van der Waals surface area (Å²) in [6, 6.07) is 26.5. The molecule has 35 heavy (non-hydrogen) atoms. The summed E-state index contributed by atoms with van der Waals surface area (Å²) in [4.78, 5) is 22.0. The van der Waals surface area contributed by atoms with Gasteiger partial charge in [0.1, 0.15) is 5.82 Å². The number of H-pyrrole nitrogens is 1. The molecule has 0 unspecified atom stereocenters. The van der Waals surface area contributed by atoms with Crippen LogP contribution in [-0.4, -0.2) is 24.9 Å². The van der Waals surface area contributed by atoms with Crippen molar-refractivity contribution in [2.45, 2.75) is 6.54 Å². The van der Waals surface area contributed by atoms with E-state index in [-0.39, 0.29) is 0 Å². The topological polar surface area (TPSA) is 79.4 Å². The number of hydrogen-bond donors (Lipinski definition) is 2. The van der Waals surface area contributed by atoms with Crippen molar-refractivity contribution in [1.82, 2.24) is 24.9 Å². The average molecular weight is 455 g/mol. The highest BCUT2D eigenvalue weighted by Gasteiger charge is 2.15. The molecule has 6 aromatic rings. The number of hydrogen-bond acceptors (Lipinski definition) is 5. The number of nitrogens with zero attached hydrogens (tertiary/aromatic N) is 4. The fourth-order valence-corrected chi connectivity index (χ4v) is 4.20. The predicted octanol–water partition coefficient (Wildman–Crippen LogP) is 6.36. The minimum Gasteiger partial charge on any atom is -0.367 e. The van der Waals surface area contributed by atoms with E-state index < -0.39 is 0 Å². The Morgan fingerprint density at radius 3 is 2.46 bits per heavy atom. The Labute approximate surface area is 202 Å². The number of aromatic nitrogens is 5. The lowest BCUT2D eigenvalue weighted by Crippen LogP contribution is -2.06. The highest BCUT2D eigenvalue weighted by molar-refractivity contribution is 6.02. The number of rotatable bonds is 6. The number of aromatic amines is 1. The fraction of sp³-hybridized carbons (Fsp3) is 0.0345. The van der Waals surface area contributed by atoms with Crippen LogP contribution in [0.3, 0.4) is 0 Å². The Morgan fingerprint density at radius 2 is 1.63 bits per heavy atom. The second-order valence-electron chi connectivity index (χ2n) is 8.20. The number of benzene rings is 2. The van der Waals surface area contributed by atoms with Crippen LogP contribution in [0.4, 0.5) is 5.82 Å². The van der Waals surface area contributed by atoms with Crippen molar-refractivity contribution in [2.24, 2.45) is 0 Å². The first kappa shape index (κ1) is 20.7. The third kappa shape index (κ3) is 4.25. The first-order valence-corrected chi connectivity index (χ1v) is 11.4. The molecule has 0 bridgehead atoms. The summed E-state index contributed by atoms with van der Waals surface area (Å²) in [5, 5.41) is 4.51. The van der Waals surface area contributed by atoms with Crippen LogP contribution >= 0.6 is 0 Å². The molecule has 0 radical (unpaired) electrons. The predicted molar refractivity (Wildman–Crippen MR) is 140 cm³/mol. The molecular weight excluding hydrogens is 432 g/mol. The minimum absolute atomic E-state index is 0.553. The van der Waals surface area contributed by atoms with Gasteiger partial charge in [0.05, 0.1) is 23.1 Å². The number of pyridine rings is 2. The monoisotopic (exact) mass is 454 g/mol. The van der Waals surface area contributed by atoms with Gasteiger partial charge >= 0.3 is 0 Å². The van der Waals surface area contributed by atoms with E-state index in [9.17, 15) is 0 Å². The summed E-state index contributed by atoms with van der Waals surface area (Å²) in [6.45, 7) is 0.553. The van der Waals surface area contributed by atoms with E-state index in [0.29, 0.717) is 12.4 Å². The number of fused-ring (bicyclic) bond motifs is 1. The van der Waals surface area contributed by atoms with Gasteiger partial charge in [-0.1, -0.05) is 48.5 Å². The van der Waals surface area contributed by atoms with E-state index in [1.54, 1.807) is 12.4 Å². The van der Waals surface area contributed by atoms with E-state index in [2.05, 4.69) is 44.5 Å². The zero-order valence-corrected chi connectivity index (χ0v) is 18.9. The van der Waals surface area contributed by atoms with Crippen LogP contribution in [-0.2, 0) is 6.54 Å². The first-order valence-electron chi connectivity index (χ1n) is 11.4. The Balaban J connectivity index is 1.50. The van der Waals surface area contributed by atoms with Crippen LogP contribution < -0.4 is 5.32 Å². The zero-order valence-electron chi connectivity index (χ0n) is 18.9. The van der Waals surface area contributed by atoms with Crippen molar-refractivity contribution in [1.29, 1.82) is 0 Å². The van der Waals surface area contributed by atoms with Crippen molar-refractivity contribution in [2.75, 3.05) is 5.32 Å². The molecule has 6 rings (SSSR count). The Morgan fingerprint density at radius 1 is 0.743 bits per heavy atom. The minimum atomic E-state index is 0.553. The summed E-state index contributed by atoms with van der Waals surface area (Å²) in [5.41, 5.74) is 6.94. The van der Waals surface area contributed by atoms with Crippen LogP contribution in [0.15, 0.2) is 110 Å². The summed E-state index contributed by atoms with van der Waals surface area (Å²) < 4.78 is 0. The molecule has 0 fully saturated rings. The molecule has 0 spiro atoms. The number of nitrogens with one attached hydrogen (secondary N) is 2. The van der Waals surface area contributed by atoms with Crippen LogP contribution in [0.2, 0.25) is 0 Å². The van der Waals surface area contributed by atoms with Crippen molar-refractivity contribution in [3.05, 3.63) is 116 Å². The molecule has 0 amide bonds. The van der Waals surface area contributed by atoms with E-state index in [0.717, 1.165) is 50.2 Å². The van der Waals surface area contributed by atoms with Crippen LogP contribution in [0, 0.1) is 0 Å². The molecule has 0 aliphatic carbocycles. The molecule has 0 saturated heterocycles. The summed E-state index contributed by atoms with van der Waals surface area (Å²) in [6.07, 6.45) is 9.31.